The maximum Gasteiger partial charge on any atom is 0.413 e. The minimum Gasteiger partial charge on any atom is -0.446 e. The third kappa shape index (κ3) is 5.34. The molecule has 2 atom stereocenters. The van der Waals surface area contributed by atoms with E-state index in [4.69, 9.17) is 9.47 Å². The summed E-state index contributed by atoms with van der Waals surface area (Å²) in [6, 6.07) is 3.34. The molecule has 4 rings (SSSR count). The molecule has 0 aromatic carbocycles. The molecule has 2 aliphatic rings. The van der Waals surface area contributed by atoms with Crippen molar-refractivity contribution in [3.05, 3.63) is 29.7 Å². The number of nitrogens with one attached hydrogen (secondary N) is 1. The molecule has 1 saturated carbocycles. The second-order valence-corrected chi connectivity index (χ2v) is 8.00. The molecule has 2 N–H and O–H groups in total. The van der Waals surface area contributed by atoms with Crippen LogP contribution >= 0.6 is 0 Å². The van der Waals surface area contributed by atoms with E-state index >= 15 is 0 Å². The number of aromatic nitrogens is 4. The molecule has 9 nitrogen and oxygen atoms in total. The molecule has 0 radical (unpaired) electrons. The van der Waals surface area contributed by atoms with E-state index < -0.39 is 24.2 Å². The summed E-state index contributed by atoms with van der Waals surface area (Å²) < 4.78 is 38.9. The van der Waals surface area contributed by atoms with Crippen molar-refractivity contribution in [3.8, 4) is 5.95 Å². The quantitative estimate of drug-likeness (QED) is 0.756. The molecule has 2 aromatic rings. The molecule has 1 saturated heterocycles. The van der Waals surface area contributed by atoms with Crippen molar-refractivity contribution < 1.29 is 28.2 Å². The molecule has 31 heavy (non-hydrogen) atoms. The highest BCUT2D eigenvalue weighted by molar-refractivity contribution is 5.83. The Morgan fingerprint density at radius 1 is 1.32 bits per heavy atom. The lowest BCUT2D eigenvalue weighted by Gasteiger charge is -2.28. The van der Waals surface area contributed by atoms with Gasteiger partial charge in [-0.1, -0.05) is 0 Å². The van der Waals surface area contributed by atoms with Crippen molar-refractivity contribution in [2.24, 2.45) is 0 Å². The summed E-state index contributed by atoms with van der Waals surface area (Å²) in [6.07, 6.45) is -0.201. The van der Waals surface area contributed by atoms with Crippen LogP contribution in [-0.4, -0.2) is 62.3 Å². The number of anilines is 1. The first-order chi connectivity index (χ1) is 14.8. The largest absolute Gasteiger partial charge is 0.446 e. The molecule has 1 amide bonds. The van der Waals surface area contributed by atoms with E-state index in [0.717, 1.165) is 5.69 Å². The monoisotopic (exact) mass is 437 g/mol. The summed E-state index contributed by atoms with van der Waals surface area (Å²) >= 11 is 0. The summed E-state index contributed by atoms with van der Waals surface area (Å²) in [7, 11) is 0. The van der Waals surface area contributed by atoms with Gasteiger partial charge in [0.05, 0.1) is 30.0 Å². The van der Waals surface area contributed by atoms with E-state index in [9.17, 15) is 18.7 Å². The second-order valence-electron chi connectivity index (χ2n) is 8.00. The number of aliphatic hydroxyl groups is 1. The number of amides is 1. The summed E-state index contributed by atoms with van der Waals surface area (Å²) in [5.41, 5.74) is 1.26. The molecule has 3 heterocycles. The standard InChI is InChI=1S/C20H25F2N5O4/c1-12-4-8-27(26-12)18-23-15(14-11-30-9-5-16(14)28)10-17(24-18)25-19(29)31-13-2-6-20(21,22)7-3-13/h4,8,10,13-14,16,28H,2-3,5-7,9,11H2,1H3,(H,23,24,25,29). The number of carbonyl (C=O) groups is 1. The van der Waals surface area contributed by atoms with Crippen molar-refractivity contribution in [1.82, 2.24) is 19.7 Å². The molecule has 11 heteroatoms. The zero-order valence-electron chi connectivity index (χ0n) is 17.1. The third-order valence-corrected chi connectivity index (χ3v) is 5.53. The molecular formula is C20H25F2N5O4. The van der Waals surface area contributed by atoms with Gasteiger partial charge in [-0.3, -0.25) is 5.32 Å². The van der Waals surface area contributed by atoms with Crippen LogP contribution in [0.1, 0.15) is 49.4 Å². The van der Waals surface area contributed by atoms with Crippen molar-refractivity contribution in [1.29, 1.82) is 0 Å². The Kier molecular flexibility index (Phi) is 6.15. The number of halogens is 2. The first-order valence-corrected chi connectivity index (χ1v) is 10.3. The average molecular weight is 437 g/mol. The first-order valence-electron chi connectivity index (χ1n) is 10.3. The van der Waals surface area contributed by atoms with Crippen LogP contribution in [0.5, 0.6) is 0 Å². The zero-order chi connectivity index (χ0) is 22.0. The third-order valence-electron chi connectivity index (χ3n) is 5.53. The maximum absolute atomic E-state index is 13.3. The molecule has 0 spiro atoms. The molecule has 168 valence electrons. The van der Waals surface area contributed by atoms with Crippen LogP contribution < -0.4 is 5.32 Å². The normalized spacial score (nSPS) is 24.0. The van der Waals surface area contributed by atoms with E-state index in [2.05, 4.69) is 20.4 Å². The van der Waals surface area contributed by atoms with Gasteiger partial charge in [-0.05, 0) is 32.3 Å². The van der Waals surface area contributed by atoms with E-state index in [1.54, 1.807) is 18.3 Å². The molecule has 1 aliphatic carbocycles. The van der Waals surface area contributed by atoms with Crippen LogP contribution in [-0.2, 0) is 9.47 Å². The van der Waals surface area contributed by atoms with Crippen molar-refractivity contribution in [2.45, 2.75) is 63.1 Å². The number of alkyl halides is 2. The Bertz CT molecular complexity index is 928. The van der Waals surface area contributed by atoms with Gasteiger partial charge in [0, 0.05) is 31.7 Å². The Labute approximate surface area is 177 Å². The van der Waals surface area contributed by atoms with Gasteiger partial charge in [0.2, 0.25) is 5.92 Å². The van der Waals surface area contributed by atoms with Gasteiger partial charge in [-0.25, -0.2) is 23.2 Å². The van der Waals surface area contributed by atoms with E-state index in [1.807, 2.05) is 6.92 Å². The van der Waals surface area contributed by atoms with Crippen LogP contribution in [0.4, 0.5) is 19.4 Å². The number of ether oxygens (including phenoxy) is 2. The zero-order valence-corrected chi connectivity index (χ0v) is 17.1. The van der Waals surface area contributed by atoms with E-state index in [-0.39, 0.29) is 50.0 Å². The fourth-order valence-corrected chi connectivity index (χ4v) is 3.76. The van der Waals surface area contributed by atoms with Crippen LogP contribution in [0.3, 0.4) is 0 Å². The number of hydrogen-bond acceptors (Lipinski definition) is 7. The Balaban J connectivity index is 1.53. The van der Waals surface area contributed by atoms with Gasteiger partial charge in [0.25, 0.3) is 5.95 Å². The summed E-state index contributed by atoms with van der Waals surface area (Å²) in [6.45, 7) is 2.57. The van der Waals surface area contributed by atoms with Gasteiger partial charge in [-0.15, -0.1) is 0 Å². The Morgan fingerprint density at radius 3 is 2.77 bits per heavy atom. The van der Waals surface area contributed by atoms with Crippen LogP contribution in [0, 0.1) is 6.92 Å². The lowest BCUT2D eigenvalue weighted by molar-refractivity contribution is -0.0642. The Morgan fingerprint density at radius 2 is 2.10 bits per heavy atom. The fraction of sp³-hybridized carbons (Fsp3) is 0.600. The number of rotatable bonds is 4. The average Bonchev–Trinajstić information content (AvgIpc) is 3.16. The second kappa shape index (κ2) is 8.83. The Hall–Kier alpha value is -2.66. The molecule has 2 unspecified atom stereocenters. The minimum atomic E-state index is -2.70. The lowest BCUT2D eigenvalue weighted by atomic mass is 9.94. The first kappa shape index (κ1) is 21.6. The van der Waals surface area contributed by atoms with Gasteiger partial charge >= 0.3 is 6.09 Å². The lowest BCUT2D eigenvalue weighted by Crippen LogP contribution is -2.32. The summed E-state index contributed by atoms with van der Waals surface area (Å²) in [4.78, 5) is 21.2. The number of carbonyl (C=O) groups excluding carboxylic acids is 1. The van der Waals surface area contributed by atoms with Crippen LogP contribution in [0.25, 0.3) is 5.95 Å². The molecule has 2 aromatic heterocycles. The molecule has 0 bridgehead atoms. The number of aryl methyl sites for hydroxylation is 1. The van der Waals surface area contributed by atoms with Crippen LogP contribution in [0.2, 0.25) is 0 Å². The maximum atomic E-state index is 13.3. The highest BCUT2D eigenvalue weighted by Gasteiger charge is 2.36. The summed E-state index contributed by atoms with van der Waals surface area (Å²) in [5, 5.41) is 17.2. The van der Waals surface area contributed by atoms with Crippen molar-refractivity contribution in [2.75, 3.05) is 18.5 Å². The fourth-order valence-electron chi connectivity index (χ4n) is 3.76. The van der Waals surface area contributed by atoms with E-state index in [0.29, 0.717) is 18.7 Å². The summed E-state index contributed by atoms with van der Waals surface area (Å²) in [5.74, 6) is -2.70. The topological polar surface area (TPSA) is 111 Å². The van der Waals surface area contributed by atoms with Crippen molar-refractivity contribution in [3.63, 3.8) is 0 Å². The number of nitrogens with zero attached hydrogens (tertiary/aromatic N) is 4. The molecular weight excluding hydrogens is 412 g/mol. The minimum absolute atomic E-state index is 0.110. The smallest absolute Gasteiger partial charge is 0.413 e. The van der Waals surface area contributed by atoms with E-state index in [1.165, 1.54) is 4.68 Å². The van der Waals surface area contributed by atoms with Gasteiger partial charge in [0.15, 0.2) is 0 Å². The van der Waals surface area contributed by atoms with Gasteiger partial charge in [0.1, 0.15) is 11.9 Å². The predicted octanol–water partition coefficient (Wildman–Crippen LogP) is 2.96. The highest BCUT2D eigenvalue weighted by atomic mass is 19.3. The van der Waals surface area contributed by atoms with Gasteiger partial charge in [-0.2, -0.15) is 10.1 Å². The van der Waals surface area contributed by atoms with Crippen molar-refractivity contribution >= 4 is 11.9 Å². The van der Waals surface area contributed by atoms with Gasteiger partial charge < -0.3 is 14.6 Å². The highest BCUT2D eigenvalue weighted by Crippen LogP contribution is 2.34. The van der Waals surface area contributed by atoms with Crippen LogP contribution in [0.15, 0.2) is 18.3 Å². The predicted molar refractivity (Wildman–Crippen MR) is 105 cm³/mol. The number of hydrogen-bond donors (Lipinski definition) is 2. The molecule has 1 aliphatic heterocycles. The molecule has 2 fully saturated rings. The number of aliphatic hydroxyl groups excluding tert-OH is 1. The SMILES string of the molecule is Cc1ccn(-c2nc(NC(=O)OC3CCC(F)(F)CC3)cc(C3COCCC3O)n2)n1.